The average Bonchev–Trinajstić information content (AvgIpc) is 2.62. The zero-order valence-electron chi connectivity index (χ0n) is 12.5. The molecular formula is C15H22N2O2S. The summed E-state index contributed by atoms with van der Waals surface area (Å²) >= 11 is 1.48. The van der Waals surface area contributed by atoms with Crippen LogP contribution in [0.4, 0.5) is 0 Å². The molecule has 0 spiro atoms. The molecule has 3 rings (SSSR count). The van der Waals surface area contributed by atoms with E-state index in [1.54, 1.807) is 0 Å². The van der Waals surface area contributed by atoms with Crippen LogP contribution in [0.5, 0.6) is 0 Å². The highest BCUT2D eigenvalue weighted by molar-refractivity contribution is 8.15. The third kappa shape index (κ3) is 1.78. The Morgan fingerprint density at radius 2 is 2.00 bits per heavy atom. The molecule has 3 aliphatic rings. The van der Waals surface area contributed by atoms with Crippen LogP contribution < -0.4 is 5.32 Å². The molecule has 2 bridgehead atoms. The molecule has 2 fully saturated rings. The molecule has 1 amide bonds. The Bertz CT molecular complexity index is 514. The fourth-order valence-electron chi connectivity index (χ4n) is 4.07. The molecule has 0 aromatic heterocycles. The van der Waals surface area contributed by atoms with Gasteiger partial charge in [-0.05, 0) is 30.6 Å². The van der Waals surface area contributed by atoms with Crippen molar-refractivity contribution in [3.05, 3.63) is 0 Å². The number of thioether (sulfide) groups is 1. The number of carbonyl (C=O) groups is 2. The normalized spacial score (nSPS) is 42.6. The van der Waals surface area contributed by atoms with E-state index in [1.165, 1.54) is 11.8 Å². The number of carbonyl (C=O) groups excluding carboxylic acids is 2. The SMILES string of the molecule is C[C@H]1CC(=O)NC(S[C@H]2C(=O)[C@@H]3CC[C@]2(C)C3(C)C)=N1. The first kappa shape index (κ1) is 14.1. The summed E-state index contributed by atoms with van der Waals surface area (Å²) in [5.41, 5.74) is 0.0555. The lowest BCUT2D eigenvalue weighted by Crippen LogP contribution is -2.41. The minimum absolute atomic E-state index is 0.00729. The van der Waals surface area contributed by atoms with Crippen LogP contribution in [0.1, 0.15) is 47.0 Å². The summed E-state index contributed by atoms with van der Waals surface area (Å²) < 4.78 is 0. The Kier molecular flexibility index (Phi) is 3.05. The molecule has 4 nitrogen and oxygen atoms in total. The maximum absolute atomic E-state index is 12.6. The van der Waals surface area contributed by atoms with Gasteiger partial charge in [0.05, 0.1) is 11.3 Å². The highest BCUT2D eigenvalue weighted by Crippen LogP contribution is 2.66. The molecule has 2 saturated carbocycles. The predicted octanol–water partition coefficient (Wildman–Crippen LogP) is 2.38. The smallest absolute Gasteiger partial charge is 0.228 e. The fraction of sp³-hybridized carbons (Fsp3) is 0.800. The topological polar surface area (TPSA) is 58.5 Å². The molecule has 4 atom stereocenters. The summed E-state index contributed by atoms with van der Waals surface area (Å²) in [6.45, 7) is 8.60. The molecule has 0 unspecified atom stereocenters. The molecule has 110 valence electrons. The molecule has 2 aliphatic carbocycles. The van der Waals surface area contributed by atoms with Crippen LogP contribution in [-0.2, 0) is 9.59 Å². The largest absolute Gasteiger partial charge is 0.305 e. The van der Waals surface area contributed by atoms with Crippen LogP contribution in [-0.4, -0.2) is 28.1 Å². The summed E-state index contributed by atoms with van der Waals surface area (Å²) in [5, 5.41) is 3.39. The van der Waals surface area contributed by atoms with Crippen molar-refractivity contribution in [2.24, 2.45) is 21.7 Å². The maximum atomic E-state index is 12.6. The van der Waals surface area contributed by atoms with Gasteiger partial charge >= 0.3 is 0 Å². The second kappa shape index (κ2) is 4.33. The van der Waals surface area contributed by atoms with Gasteiger partial charge in [-0.3, -0.25) is 14.6 Å². The summed E-state index contributed by atoms with van der Waals surface area (Å²) in [4.78, 5) is 28.7. The van der Waals surface area contributed by atoms with E-state index in [2.05, 4.69) is 31.1 Å². The van der Waals surface area contributed by atoms with Gasteiger partial charge in [-0.25, -0.2) is 0 Å². The van der Waals surface area contributed by atoms with Crippen molar-refractivity contribution in [3.63, 3.8) is 0 Å². The molecule has 1 N–H and O–H groups in total. The molecule has 0 saturated heterocycles. The molecular weight excluding hydrogens is 272 g/mol. The van der Waals surface area contributed by atoms with Crippen molar-refractivity contribution in [1.82, 2.24) is 5.32 Å². The van der Waals surface area contributed by atoms with Gasteiger partial charge in [0.2, 0.25) is 5.91 Å². The summed E-state index contributed by atoms with van der Waals surface area (Å²) in [6, 6.07) is 0.0146. The van der Waals surface area contributed by atoms with Gasteiger partial charge in [-0.2, -0.15) is 0 Å². The van der Waals surface area contributed by atoms with Crippen molar-refractivity contribution in [3.8, 4) is 0 Å². The molecule has 0 aromatic carbocycles. The van der Waals surface area contributed by atoms with Gasteiger partial charge in [0.25, 0.3) is 0 Å². The Morgan fingerprint density at radius 3 is 2.55 bits per heavy atom. The molecule has 0 radical (unpaired) electrons. The van der Waals surface area contributed by atoms with Crippen LogP contribution in [0.3, 0.4) is 0 Å². The standard InChI is InChI=1S/C15H22N2O2S/c1-8-7-10(18)17-13(16-8)20-12-11(19)9-5-6-15(12,4)14(9,2)3/h8-9,12H,5-7H2,1-4H3,(H,16,17,18)/t8-,9-,12-,15-/m0/s1. The minimum Gasteiger partial charge on any atom is -0.305 e. The van der Waals surface area contributed by atoms with E-state index in [9.17, 15) is 9.59 Å². The van der Waals surface area contributed by atoms with E-state index >= 15 is 0 Å². The van der Waals surface area contributed by atoms with Crippen LogP contribution in [0, 0.1) is 16.7 Å². The second-order valence-electron chi connectivity index (χ2n) is 7.17. The molecule has 20 heavy (non-hydrogen) atoms. The number of aliphatic imine (C=N–C) groups is 1. The zero-order valence-corrected chi connectivity index (χ0v) is 13.3. The van der Waals surface area contributed by atoms with Crippen molar-refractivity contribution in [1.29, 1.82) is 0 Å². The number of rotatable bonds is 1. The molecule has 1 heterocycles. The second-order valence-corrected chi connectivity index (χ2v) is 8.26. The third-order valence-electron chi connectivity index (χ3n) is 5.77. The fourth-order valence-corrected chi connectivity index (χ4v) is 5.66. The van der Waals surface area contributed by atoms with E-state index < -0.39 is 0 Å². The highest BCUT2D eigenvalue weighted by atomic mass is 32.2. The molecule has 5 heteroatoms. The van der Waals surface area contributed by atoms with Crippen molar-refractivity contribution < 1.29 is 9.59 Å². The van der Waals surface area contributed by atoms with Crippen LogP contribution in [0.15, 0.2) is 4.99 Å². The lowest BCUT2D eigenvalue weighted by molar-refractivity contribution is -0.122. The summed E-state index contributed by atoms with van der Waals surface area (Å²) in [7, 11) is 0. The Hall–Kier alpha value is -0.840. The van der Waals surface area contributed by atoms with Gasteiger partial charge in [0.1, 0.15) is 5.78 Å². The van der Waals surface area contributed by atoms with Gasteiger partial charge in [-0.1, -0.05) is 32.5 Å². The van der Waals surface area contributed by atoms with Gasteiger partial charge in [0, 0.05) is 12.3 Å². The minimum atomic E-state index is -0.0689. The lowest BCUT2D eigenvalue weighted by atomic mass is 9.71. The van der Waals surface area contributed by atoms with Crippen molar-refractivity contribution in [2.45, 2.75) is 58.2 Å². The monoisotopic (exact) mass is 294 g/mol. The van der Waals surface area contributed by atoms with E-state index in [-0.39, 0.29) is 33.9 Å². The first-order chi connectivity index (χ1) is 9.25. The summed E-state index contributed by atoms with van der Waals surface area (Å²) in [6.07, 6.45) is 2.54. The Balaban J connectivity index is 1.86. The number of Topliss-reactive ketones (excluding diaryl/α,β-unsaturated/α-hetero) is 1. The number of fused-ring (bicyclic) bond motifs is 2. The maximum Gasteiger partial charge on any atom is 0.228 e. The van der Waals surface area contributed by atoms with E-state index in [4.69, 9.17) is 0 Å². The quantitative estimate of drug-likeness (QED) is 0.808. The number of amidine groups is 1. The lowest BCUT2D eigenvalue weighted by Gasteiger charge is -2.38. The van der Waals surface area contributed by atoms with Gasteiger partial charge in [-0.15, -0.1) is 0 Å². The Labute approximate surface area is 124 Å². The van der Waals surface area contributed by atoms with Crippen molar-refractivity contribution in [2.75, 3.05) is 0 Å². The Morgan fingerprint density at radius 1 is 1.30 bits per heavy atom. The third-order valence-corrected chi connectivity index (χ3v) is 7.19. The van der Waals surface area contributed by atoms with Gasteiger partial charge < -0.3 is 5.32 Å². The first-order valence-electron chi connectivity index (χ1n) is 7.34. The number of hydrogen-bond acceptors (Lipinski definition) is 4. The van der Waals surface area contributed by atoms with Crippen LogP contribution in [0.2, 0.25) is 0 Å². The van der Waals surface area contributed by atoms with E-state index in [0.717, 1.165) is 12.8 Å². The van der Waals surface area contributed by atoms with Gasteiger partial charge in [0.15, 0.2) is 5.17 Å². The number of amides is 1. The average molecular weight is 294 g/mol. The zero-order chi connectivity index (χ0) is 14.7. The van der Waals surface area contributed by atoms with Crippen LogP contribution in [0.25, 0.3) is 0 Å². The molecule has 1 aliphatic heterocycles. The molecule has 0 aromatic rings. The highest BCUT2D eigenvalue weighted by Gasteiger charge is 2.66. The number of nitrogens with zero attached hydrogens (tertiary/aromatic N) is 1. The van der Waals surface area contributed by atoms with Crippen LogP contribution >= 0.6 is 11.8 Å². The number of hydrogen-bond donors (Lipinski definition) is 1. The number of nitrogens with one attached hydrogen (secondary N) is 1. The van der Waals surface area contributed by atoms with E-state index in [1.807, 2.05) is 6.92 Å². The number of ketones is 1. The van der Waals surface area contributed by atoms with Crippen molar-refractivity contribution >= 4 is 28.6 Å². The summed E-state index contributed by atoms with van der Waals surface area (Å²) in [5.74, 6) is 0.529. The predicted molar refractivity (Wildman–Crippen MR) is 80.7 cm³/mol. The van der Waals surface area contributed by atoms with E-state index in [0.29, 0.717) is 17.4 Å². The first-order valence-corrected chi connectivity index (χ1v) is 8.22.